The van der Waals surface area contributed by atoms with Gasteiger partial charge < -0.3 is 14.8 Å². The second kappa shape index (κ2) is 7.59. The molecule has 1 amide bonds. The summed E-state index contributed by atoms with van der Waals surface area (Å²) >= 11 is 0. The number of anilines is 1. The van der Waals surface area contributed by atoms with Crippen LogP contribution in [0.3, 0.4) is 0 Å². The number of halogens is 1. The van der Waals surface area contributed by atoms with Crippen molar-refractivity contribution >= 4 is 17.4 Å². The Morgan fingerprint density at radius 1 is 1.08 bits per heavy atom. The molecule has 0 radical (unpaired) electrons. The van der Waals surface area contributed by atoms with Crippen molar-refractivity contribution < 1.29 is 23.5 Å². The van der Waals surface area contributed by atoms with Gasteiger partial charge in [0.1, 0.15) is 5.82 Å². The molecule has 0 saturated carbocycles. The molecule has 5 nitrogen and oxygen atoms in total. The van der Waals surface area contributed by atoms with E-state index in [0.717, 1.165) is 0 Å². The van der Waals surface area contributed by atoms with Crippen molar-refractivity contribution in [3.05, 3.63) is 53.8 Å². The molecule has 1 N–H and O–H groups in total. The standard InChI is InChI=1S/C18H18FNO4/c1-11(21)13-4-9-16(17(10-13)23-3)24-12(2)18(22)20-15-7-5-14(19)6-8-15/h4-10,12H,1-3H3,(H,20,22)/t12-/m1/s1. The smallest absolute Gasteiger partial charge is 0.265 e. The Morgan fingerprint density at radius 3 is 2.33 bits per heavy atom. The third kappa shape index (κ3) is 4.32. The molecule has 0 heterocycles. The summed E-state index contributed by atoms with van der Waals surface area (Å²) in [7, 11) is 1.45. The summed E-state index contributed by atoms with van der Waals surface area (Å²) in [6.45, 7) is 3.03. The lowest BCUT2D eigenvalue weighted by Crippen LogP contribution is -2.30. The monoisotopic (exact) mass is 331 g/mol. The third-order valence-corrected chi connectivity index (χ3v) is 3.35. The number of benzene rings is 2. The van der Waals surface area contributed by atoms with E-state index in [0.29, 0.717) is 22.7 Å². The Morgan fingerprint density at radius 2 is 1.75 bits per heavy atom. The van der Waals surface area contributed by atoms with E-state index in [9.17, 15) is 14.0 Å². The lowest BCUT2D eigenvalue weighted by Gasteiger charge is -2.17. The minimum absolute atomic E-state index is 0.0954. The van der Waals surface area contributed by atoms with E-state index in [2.05, 4.69) is 5.32 Å². The Balaban J connectivity index is 2.08. The molecule has 0 aromatic heterocycles. The van der Waals surface area contributed by atoms with Crippen molar-refractivity contribution in [2.24, 2.45) is 0 Å². The summed E-state index contributed by atoms with van der Waals surface area (Å²) in [6, 6.07) is 10.2. The van der Waals surface area contributed by atoms with Gasteiger partial charge in [0, 0.05) is 11.3 Å². The minimum atomic E-state index is -0.813. The molecule has 24 heavy (non-hydrogen) atoms. The number of nitrogens with one attached hydrogen (secondary N) is 1. The average Bonchev–Trinajstić information content (AvgIpc) is 2.56. The van der Waals surface area contributed by atoms with Crippen LogP contribution in [0.4, 0.5) is 10.1 Å². The van der Waals surface area contributed by atoms with E-state index >= 15 is 0 Å². The number of ether oxygens (including phenoxy) is 2. The van der Waals surface area contributed by atoms with Gasteiger partial charge in [-0.15, -0.1) is 0 Å². The molecular weight excluding hydrogens is 313 g/mol. The number of ketones is 1. The van der Waals surface area contributed by atoms with Crippen LogP contribution in [-0.2, 0) is 4.79 Å². The Hall–Kier alpha value is -2.89. The van der Waals surface area contributed by atoms with Crippen molar-refractivity contribution in [1.82, 2.24) is 0 Å². The highest BCUT2D eigenvalue weighted by Gasteiger charge is 2.18. The van der Waals surface area contributed by atoms with Gasteiger partial charge in [-0.25, -0.2) is 4.39 Å². The highest BCUT2D eigenvalue weighted by molar-refractivity contribution is 5.95. The number of hydrogen-bond donors (Lipinski definition) is 1. The van der Waals surface area contributed by atoms with Crippen LogP contribution in [0.2, 0.25) is 0 Å². The number of amides is 1. The van der Waals surface area contributed by atoms with Crippen molar-refractivity contribution in [2.45, 2.75) is 20.0 Å². The molecule has 0 saturated heterocycles. The highest BCUT2D eigenvalue weighted by Crippen LogP contribution is 2.29. The SMILES string of the molecule is COc1cc(C(C)=O)ccc1O[C@H](C)C(=O)Nc1ccc(F)cc1. The molecule has 0 aliphatic rings. The first-order chi connectivity index (χ1) is 11.4. The van der Waals surface area contributed by atoms with Crippen molar-refractivity contribution in [2.75, 3.05) is 12.4 Å². The number of methoxy groups -OCH3 is 1. The van der Waals surface area contributed by atoms with Crippen molar-refractivity contribution in [1.29, 1.82) is 0 Å². The van der Waals surface area contributed by atoms with E-state index in [1.165, 1.54) is 38.3 Å². The van der Waals surface area contributed by atoms with Crippen LogP contribution in [0.15, 0.2) is 42.5 Å². The van der Waals surface area contributed by atoms with Crippen LogP contribution in [0, 0.1) is 5.82 Å². The van der Waals surface area contributed by atoms with Crippen LogP contribution in [0.1, 0.15) is 24.2 Å². The number of Topliss-reactive ketones (excluding diaryl/α,β-unsaturated/α-hetero) is 1. The number of hydrogen-bond acceptors (Lipinski definition) is 4. The molecule has 2 aromatic carbocycles. The van der Waals surface area contributed by atoms with Crippen LogP contribution < -0.4 is 14.8 Å². The fraction of sp³-hybridized carbons (Fsp3) is 0.222. The van der Waals surface area contributed by atoms with Gasteiger partial charge in [0.25, 0.3) is 5.91 Å². The summed E-state index contributed by atoms with van der Waals surface area (Å²) in [4.78, 5) is 23.5. The van der Waals surface area contributed by atoms with Gasteiger partial charge in [-0.3, -0.25) is 9.59 Å². The molecule has 0 bridgehead atoms. The van der Waals surface area contributed by atoms with Gasteiger partial charge in [-0.2, -0.15) is 0 Å². The quantitative estimate of drug-likeness (QED) is 0.824. The Labute approximate surface area is 139 Å². The van der Waals surface area contributed by atoms with Crippen LogP contribution >= 0.6 is 0 Å². The van der Waals surface area contributed by atoms with Gasteiger partial charge >= 0.3 is 0 Å². The van der Waals surface area contributed by atoms with Gasteiger partial charge in [0.2, 0.25) is 0 Å². The Kier molecular flexibility index (Phi) is 5.52. The summed E-state index contributed by atoms with van der Waals surface area (Å²) < 4.78 is 23.7. The lowest BCUT2D eigenvalue weighted by atomic mass is 10.1. The first-order valence-electron chi connectivity index (χ1n) is 7.32. The van der Waals surface area contributed by atoms with Gasteiger partial charge in [-0.05, 0) is 56.3 Å². The first-order valence-corrected chi connectivity index (χ1v) is 7.32. The van der Waals surface area contributed by atoms with Crippen molar-refractivity contribution in [3.63, 3.8) is 0 Å². The minimum Gasteiger partial charge on any atom is -0.493 e. The molecule has 1 atom stereocenters. The predicted octanol–water partition coefficient (Wildman–Crippen LogP) is 3.44. The summed E-state index contributed by atoms with van der Waals surface area (Å²) in [5.41, 5.74) is 0.957. The van der Waals surface area contributed by atoms with E-state index in [1.807, 2.05) is 0 Å². The van der Waals surface area contributed by atoms with Gasteiger partial charge in [0.05, 0.1) is 7.11 Å². The van der Waals surface area contributed by atoms with Crippen LogP contribution in [0.5, 0.6) is 11.5 Å². The number of carbonyl (C=O) groups excluding carboxylic acids is 2. The van der Waals surface area contributed by atoms with E-state index in [1.54, 1.807) is 25.1 Å². The Bertz CT molecular complexity index is 743. The molecule has 2 aromatic rings. The summed E-state index contributed by atoms with van der Waals surface area (Å²) in [5, 5.41) is 2.63. The van der Waals surface area contributed by atoms with E-state index in [4.69, 9.17) is 9.47 Å². The molecule has 0 aliphatic carbocycles. The van der Waals surface area contributed by atoms with Gasteiger partial charge in [0.15, 0.2) is 23.4 Å². The zero-order valence-electron chi connectivity index (χ0n) is 13.6. The molecule has 0 unspecified atom stereocenters. The molecule has 6 heteroatoms. The summed E-state index contributed by atoms with van der Waals surface area (Å²) in [5.74, 6) is -0.151. The van der Waals surface area contributed by atoms with E-state index in [-0.39, 0.29) is 17.5 Å². The maximum atomic E-state index is 12.9. The molecule has 0 fully saturated rings. The maximum absolute atomic E-state index is 12.9. The molecule has 0 spiro atoms. The molecular formula is C18H18FNO4. The molecule has 2 rings (SSSR count). The third-order valence-electron chi connectivity index (χ3n) is 3.35. The largest absolute Gasteiger partial charge is 0.493 e. The van der Waals surface area contributed by atoms with E-state index < -0.39 is 6.10 Å². The van der Waals surface area contributed by atoms with Crippen LogP contribution in [0.25, 0.3) is 0 Å². The zero-order chi connectivity index (χ0) is 17.7. The fourth-order valence-corrected chi connectivity index (χ4v) is 2.01. The molecule has 0 aliphatic heterocycles. The average molecular weight is 331 g/mol. The molecule has 126 valence electrons. The summed E-state index contributed by atoms with van der Waals surface area (Å²) in [6.07, 6.45) is -0.813. The topological polar surface area (TPSA) is 64.6 Å². The van der Waals surface area contributed by atoms with Gasteiger partial charge in [-0.1, -0.05) is 0 Å². The number of carbonyl (C=O) groups is 2. The maximum Gasteiger partial charge on any atom is 0.265 e. The zero-order valence-corrected chi connectivity index (χ0v) is 13.6. The normalized spacial score (nSPS) is 11.5. The van der Waals surface area contributed by atoms with Crippen molar-refractivity contribution in [3.8, 4) is 11.5 Å². The first kappa shape index (κ1) is 17.5. The number of rotatable bonds is 6. The highest BCUT2D eigenvalue weighted by atomic mass is 19.1. The fourth-order valence-electron chi connectivity index (χ4n) is 2.01. The van der Waals surface area contributed by atoms with Crippen LogP contribution in [-0.4, -0.2) is 24.9 Å². The second-order valence-corrected chi connectivity index (χ2v) is 5.18. The predicted molar refractivity (Wildman–Crippen MR) is 88.1 cm³/mol. The second-order valence-electron chi connectivity index (χ2n) is 5.18. The lowest BCUT2D eigenvalue weighted by molar-refractivity contribution is -0.122.